The second-order valence-electron chi connectivity index (χ2n) is 4.06. The summed E-state index contributed by atoms with van der Waals surface area (Å²) in [6, 6.07) is 5.20. The van der Waals surface area contributed by atoms with Gasteiger partial charge in [0.2, 0.25) is 10.0 Å². The molecule has 1 heterocycles. The molecule has 4 nitrogen and oxygen atoms in total. The van der Waals surface area contributed by atoms with Crippen LogP contribution in [0.1, 0.15) is 5.56 Å². The van der Waals surface area contributed by atoms with E-state index in [1.807, 2.05) is 6.92 Å². The maximum Gasteiger partial charge on any atom is 0.233 e. The van der Waals surface area contributed by atoms with Gasteiger partial charge >= 0.3 is 0 Å². The number of hydrogen-bond donors (Lipinski definition) is 1. The lowest BCUT2D eigenvalue weighted by Crippen LogP contribution is -2.18. The summed E-state index contributed by atoms with van der Waals surface area (Å²) in [5.41, 5.74) is 1.96. The number of nitrogens with zero attached hydrogens (tertiary/aromatic N) is 1. The van der Waals surface area contributed by atoms with Crippen LogP contribution in [-0.2, 0) is 10.0 Å². The van der Waals surface area contributed by atoms with Gasteiger partial charge in [-0.15, -0.1) is 11.6 Å². The predicted octanol–water partition coefficient (Wildman–Crippen LogP) is 3.18. The van der Waals surface area contributed by atoms with Crippen LogP contribution in [0.15, 0.2) is 24.4 Å². The number of pyridine rings is 1. The summed E-state index contributed by atoms with van der Waals surface area (Å²) >= 11 is 11.6. The van der Waals surface area contributed by atoms with Crippen molar-refractivity contribution >= 4 is 49.8 Å². The van der Waals surface area contributed by atoms with E-state index in [2.05, 4.69) is 9.71 Å². The number of sulfonamides is 1. The lowest BCUT2D eigenvalue weighted by atomic mass is 10.1. The molecule has 1 aromatic carbocycles. The topological polar surface area (TPSA) is 59.1 Å². The van der Waals surface area contributed by atoms with Crippen LogP contribution >= 0.6 is 23.2 Å². The molecule has 0 radical (unpaired) electrons. The first-order valence-electron chi connectivity index (χ1n) is 5.55. The number of fused-ring (bicyclic) bond motifs is 1. The third-order valence-electron chi connectivity index (χ3n) is 2.64. The molecule has 0 aliphatic carbocycles. The molecule has 1 N–H and O–H groups in total. The molecule has 102 valence electrons. The Morgan fingerprint density at radius 1 is 1.42 bits per heavy atom. The minimum Gasteiger partial charge on any atom is -0.281 e. The summed E-state index contributed by atoms with van der Waals surface area (Å²) in [5, 5.41) is 1.02. The summed E-state index contributed by atoms with van der Waals surface area (Å²) in [4.78, 5) is 4.24. The van der Waals surface area contributed by atoms with Gasteiger partial charge in [0.1, 0.15) is 0 Å². The van der Waals surface area contributed by atoms with Crippen LogP contribution in [0.3, 0.4) is 0 Å². The molecule has 0 fully saturated rings. The van der Waals surface area contributed by atoms with Crippen LogP contribution in [0.4, 0.5) is 5.69 Å². The predicted molar refractivity (Wildman–Crippen MR) is 79.6 cm³/mol. The molecule has 7 heteroatoms. The van der Waals surface area contributed by atoms with Crippen molar-refractivity contribution in [2.24, 2.45) is 0 Å². The number of aromatic nitrogens is 1. The normalized spacial score (nSPS) is 11.7. The fourth-order valence-electron chi connectivity index (χ4n) is 1.79. The summed E-state index contributed by atoms with van der Waals surface area (Å²) in [7, 11) is -3.51. The molecule has 0 aliphatic heterocycles. The van der Waals surface area contributed by atoms with Crippen LogP contribution in [0.5, 0.6) is 0 Å². The molecule has 0 atom stereocenters. The van der Waals surface area contributed by atoms with Gasteiger partial charge in [-0.1, -0.05) is 11.6 Å². The first kappa shape index (κ1) is 14.4. The third kappa shape index (κ3) is 3.11. The SMILES string of the molecule is Cc1cc(Cl)c(NS(=O)(=O)CCCl)c2cccnc12. The molecule has 2 aromatic rings. The molecule has 19 heavy (non-hydrogen) atoms. The van der Waals surface area contributed by atoms with Gasteiger partial charge in [0.15, 0.2) is 0 Å². The summed E-state index contributed by atoms with van der Waals surface area (Å²) < 4.78 is 26.1. The van der Waals surface area contributed by atoms with E-state index in [0.717, 1.165) is 11.1 Å². The minimum absolute atomic E-state index is 0.0228. The van der Waals surface area contributed by atoms with Gasteiger partial charge in [0, 0.05) is 17.5 Å². The highest BCUT2D eigenvalue weighted by Crippen LogP contribution is 2.33. The quantitative estimate of drug-likeness (QED) is 0.881. The highest BCUT2D eigenvalue weighted by Gasteiger charge is 2.16. The van der Waals surface area contributed by atoms with Gasteiger partial charge in [-0.3, -0.25) is 9.71 Å². The van der Waals surface area contributed by atoms with E-state index >= 15 is 0 Å². The maximum atomic E-state index is 11.8. The Kier molecular flexibility index (Phi) is 4.18. The number of anilines is 1. The highest BCUT2D eigenvalue weighted by atomic mass is 35.5. The number of aryl methyl sites for hydroxylation is 1. The number of alkyl halides is 1. The van der Waals surface area contributed by atoms with Gasteiger partial charge < -0.3 is 0 Å². The van der Waals surface area contributed by atoms with Gasteiger partial charge in [-0.05, 0) is 30.7 Å². The Labute approximate surface area is 121 Å². The number of nitrogens with one attached hydrogen (secondary N) is 1. The first-order valence-corrected chi connectivity index (χ1v) is 8.11. The molecule has 0 saturated heterocycles. The summed E-state index contributed by atoms with van der Waals surface area (Å²) in [6.45, 7) is 1.87. The molecule has 0 saturated carbocycles. The van der Waals surface area contributed by atoms with Crippen molar-refractivity contribution in [1.82, 2.24) is 4.98 Å². The van der Waals surface area contributed by atoms with E-state index in [1.165, 1.54) is 0 Å². The zero-order valence-electron chi connectivity index (χ0n) is 10.2. The Morgan fingerprint density at radius 2 is 2.16 bits per heavy atom. The van der Waals surface area contributed by atoms with E-state index < -0.39 is 10.0 Å². The first-order chi connectivity index (χ1) is 8.94. The number of halogens is 2. The van der Waals surface area contributed by atoms with Crippen LogP contribution in [0.2, 0.25) is 5.02 Å². The average Bonchev–Trinajstić information content (AvgIpc) is 2.34. The molecule has 0 spiro atoms. The molecule has 0 aliphatic rings. The van der Waals surface area contributed by atoms with Crippen molar-refractivity contribution < 1.29 is 8.42 Å². The van der Waals surface area contributed by atoms with Crippen molar-refractivity contribution in [1.29, 1.82) is 0 Å². The van der Waals surface area contributed by atoms with Crippen molar-refractivity contribution in [3.63, 3.8) is 0 Å². The summed E-state index contributed by atoms with van der Waals surface area (Å²) in [5.74, 6) is -0.143. The monoisotopic (exact) mass is 318 g/mol. The van der Waals surface area contributed by atoms with Gasteiger partial charge in [0.25, 0.3) is 0 Å². The van der Waals surface area contributed by atoms with Crippen LogP contribution in [0.25, 0.3) is 10.9 Å². The number of hydrogen-bond acceptors (Lipinski definition) is 3. The van der Waals surface area contributed by atoms with Crippen LogP contribution in [-0.4, -0.2) is 25.0 Å². The van der Waals surface area contributed by atoms with Gasteiger partial charge in [-0.25, -0.2) is 8.42 Å². The molecular formula is C12H12Cl2N2O2S. The molecule has 0 unspecified atom stereocenters. The van der Waals surface area contributed by atoms with Crippen molar-refractivity contribution in [3.05, 3.63) is 35.0 Å². The van der Waals surface area contributed by atoms with Crippen molar-refractivity contribution in [2.75, 3.05) is 16.4 Å². The van der Waals surface area contributed by atoms with Crippen molar-refractivity contribution in [3.8, 4) is 0 Å². The Hall–Kier alpha value is -1.04. The highest BCUT2D eigenvalue weighted by molar-refractivity contribution is 7.92. The number of benzene rings is 1. The minimum atomic E-state index is -3.51. The maximum absolute atomic E-state index is 11.8. The average molecular weight is 319 g/mol. The summed E-state index contributed by atoms with van der Waals surface area (Å²) in [6.07, 6.45) is 1.65. The lowest BCUT2D eigenvalue weighted by Gasteiger charge is -2.13. The van der Waals surface area contributed by atoms with E-state index in [9.17, 15) is 8.42 Å². The zero-order chi connectivity index (χ0) is 14.0. The van der Waals surface area contributed by atoms with Crippen LogP contribution < -0.4 is 4.72 Å². The molecule has 1 aromatic heterocycles. The van der Waals surface area contributed by atoms with Crippen molar-refractivity contribution in [2.45, 2.75) is 6.92 Å². The smallest absolute Gasteiger partial charge is 0.233 e. The standard InChI is InChI=1S/C12H12Cl2N2O2S/c1-8-7-10(14)12(16-19(17,18)6-4-13)9-3-2-5-15-11(8)9/h2-3,5,7,16H,4,6H2,1H3. The molecule has 0 amide bonds. The van der Waals surface area contributed by atoms with Gasteiger partial charge in [-0.2, -0.15) is 0 Å². The molecule has 2 rings (SSSR count). The molecule has 0 bridgehead atoms. The number of rotatable bonds is 4. The van der Waals surface area contributed by atoms with E-state index in [-0.39, 0.29) is 11.6 Å². The van der Waals surface area contributed by atoms with E-state index in [4.69, 9.17) is 23.2 Å². The largest absolute Gasteiger partial charge is 0.281 e. The van der Waals surface area contributed by atoms with Gasteiger partial charge in [0.05, 0.1) is 22.0 Å². The van der Waals surface area contributed by atoms with E-state index in [1.54, 1.807) is 24.4 Å². The Bertz CT molecular complexity index is 717. The van der Waals surface area contributed by atoms with Crippen LogP contribution in [0, 0.1) is 6.92 Å². The fourth-order valence-corrected chi connectivity index (χ4v) is 3.61. The second-order valence-corrected chi connectivity index (χ2v) is 6.69. The third-order valence-corrected chi connectivity index (χ3v) is 4.60. The Balaban J connectivity index is 2.61. The lowest BCUT2D eigenvalue weighted by molar-refractivity contribution is 0.602. The zero-order valence-corrected chi connectivity index (χ0v) is 12.5. The molecular weight excluding hydrogens is 307 g/mol. The fraction of sp³-hybridized carbons (Fsp3) is 0.250. The van der Waals surface area contributed by atoms with E-state index in [0.29, 0.717) is 16.1 Å². The Morgan fingerprint density at radius 3 is 2.84 bits per heavy atom. The second kappa shape index (κ2) is 5.53.